The second kappa shape index (κ2) is 4.63. The van der Waals surface area contributed by atoms with Gasteiger partial charge in [0.15, 0.2) is 0 Å². The molecule has 106 valence electrons. The van der Waals surface area contributed by atoms with E-state index in [1.54, 1.807) is 0 Å². The number of fused-ring (bicyclic) bond motifs is 3. The minimum Gasteiger partial charge on any atom is -0.507 e. The predicted octanol–water partition coefficient (Wildman–Crippen LogP) is 2.36. The van der Waals surface area contributed by atoms with Crippen LogP contribution in [0.3, 0.4) is 0 Å². The van der Waals surface area contributed by atoms with E-state index in [0.717, 1.165) is 46.9 Å². The van der Waals surface area contributed by atoms with Gasteiger partial charge in [0.2, 0.25) is 0 Å². The Hall–Kier alpha value is -1.81. The average molecular weight is 273 g/mol. The Morgan fingerprint density at radius 3 is 2.70 bits per heavy atom. The standard InChI is InChI=1S/C16H19NO3/c1-9-7-13-14(15(18)12(9)8-17(2)3)10-5-4-6-11(10)16(19)20-13/h7,18H,4-6,8H2,1-3H3. The maximum absolute atomic E-state index is 12.0. The molecular weight excluding hydrogens is 254 g/mol. The van der Waals surface area contributed by atoms with E-state index in [9.17, 15) is 9.90 Å². The number of hydrogen-bond donors (Lipinski definition) is 1. The van der Waals surface area contributed by atoms with Crippen molar-refractivity contribution in [3.8, 4) is 5.75 Å². The molecule has 20 heavy (non-hydrogen) atoms. The molecule has 0 saturated carbocycles. The fourth-order valence-electron chi connectivity index (χ4n) is 3.10. The summed E-state index contributed by atoms with van der Waals surface area (Å²) in [5, 5.41) is 11.4. The molecule has 0 bridgehead atoms. The Labute approximate surface area is 117 Å². The molecule has 0 saturated heterocycles. The molecule has 1 heterocycles. The number of nitrogens with zero attached hydrogens (tertiary/aromatic N) is 1. The van der Waals surface area contributed by atoms with Crippen LogP contribution in [-0.2, 0) is 19.4 Å². The average Bonchev–Trinajstić information content (AvgIpc) is 2.83. The second-order valence-corrected chi connectivity index (χ2v) is 5.83. The SMILES string of the molecule is Cc1cc2oc(=O)c3c(c2c(O)c1CN(C)C)CCC3. The van der Waals surface area contributed by atoms with Gasteiger partial charge in [0, 0.05) is 17.7 Å². The summed E-state index contributed by atoms with van der Waals surface area (Å²) in [4.78, 5) is 14.0. The van der Waals surface area contributed by atoms with Gasteiger partial charge in [0.1, 0.15) is 11.3 Å². The minimum absolute atomic E-state index is 0.246. The number of phenols is 1. The minimum atomic E-state index is -0.246. The zero-order chi connectivity index (χ0) is 14.4. The van der Waals surface area contributed by atoms with E-state index >= 15 is 0 Å². The number of hydrogen-bond acceptors (Lipinski definition) is 4. The number of phenolic OH excluding ortho intramolecular Hbond substituents is 1. The van der Waals surface area contributed by atoms with Crippen LogP contribution < -0.4 is 5.63 Å². The van der Waals surface area contributed by atoms with Crippen LogP contribution in [0.1, 0.15) is 28.7 Å². The molecule has 1 aromatic carbocycles. The van der Waals surface area contributed by atoms with E-state index in [1.807, 2.05) is 32.0 Å². The Morgan fingerprint density at radius 2 is 2.00 bits per heavy atom. The lowest BCUT2D eigenvalue weighted by atomic mass is 9.99. The van der Waals surface area contributed by atoms with Crippen LogP contribution in [0.4, 0.5) is 0 Å². The lowest BCUT2D eigenvalue weighted by molar-refractivity contribution is 0.385. The summed E-state index contributed by atoms with van der Waals surface area (Å²) in [6.45, 7) is 2.60. The van der Waals surface area contributed by atoms with Crippen molar-refractivity contribution >= 4 is 11.0 Å². The second-order valence-electron chi connectivity index (χ2n) is 5.83. The van der Waals surface area contributed by atoms with Gasteiger partial charge in [-0.15, -0.1) is 0 Å². The van der Waals surface area contributed by atoms with Gasteiger partial charge in [0.25, 0.3) is 0 Å². The Kier molecular flexibility index (Phi) is 3.05. The lowest BCUT2D eigenvalue weighted by Gasteiger charge is -2.16. The Balaban J connectivity index is 2.36. The van der Waals surface area contributed by atoms with Gasteiger partial charge >= 0.3 is 5.63 Å². The van der Waals surface area contributed by atoms with Crippen molar-refractivity contribution in [3.05, 3.63) is 38.7 Å². The fraction of sp³-hybridized carbons (Fsp3) is 0.438. The first-order valence-electron chi connectivity index (χ1n) is 6.93. The summed E-state index contributed by atoms with van der Waals surface area (Å²) in [7, 11) is 3.94. The summed E-state index contributed by atoms with van der Waals surface area (Å²) in [6, 6.07) is 1.87. The maximum Gasteiger partial charge on any atom is 0.339 e. The highest BCUT2D eigenvalue weighted by Gasteiger charge is 2.23. The van der Waals surface area contributed by atoms with Crippen molar-refractivity contribution < 1.29 is 9.52 Å². The molecule has 1 aromatic heterocycles. The summed E-state index contributed by atoms with van der Waals surface area (Å²) in [5.41, 5.74) is 3.84. The van der Waals surface area contributed by atoms with E-state index in [2.05, 4.69) is 0 Å². The molecule has 1 aliphatic carbocycles. The highest BCUT2D eigenvalue weighted by atomic mass is 16.4. The first-order chi connectivity index (χ1) is 9.49. The molecule has 0 fully saturated rings. The van der Waals surface area contributed by atoms with Crippen molar-refractivity contribution in [2.75, 3.05) is 14.1 Å². The molecule has 0 atom stereocenters. The highest BCUT2D eigenvalue weighted by Crippen LogP contribution is 2.37. The van der Waals surface area contributed by atoms with Gasteiger partial charge < -0.3 is 14.4 Å². The van der Waals surface area contributed by atoms with Crippen molar-refractivity contribution in [1.29, 1.82) is 0 Å². The molecule has 2 aromatic rings. The monoisotopic (exact) mass is 273 g/mol. The van der Waals surface area contributed by atoms with Gasteiger partial charge in [0.05, 0.1) is 5.39 Å². The number of benzene rings is 1. The third-order valence-corrected chi connectivity index (χ3v) is 4.04. The van der Waals surface area contributed by atoms with Gasteiger partial charge in [-0.05, 0) is 57.5 Å². The maximum atomic E-state index is 12.0. The Morgan fingerprint density at radius 1 is 1.30 bits per heavy atom. The topological polar surface area (TPSA) is 53.7 Å². The summed E-state index contributed by atoms with van der Waals surface area (Å²) in [6.07, 6.45) is 2.55. The van der Waals surface area contributed by atoms with Crippen molar-refractivity contribution in [3.63, 3.8) is 0 Å². The zero-order valence-electron chi connectivity index (χ0n) is 12.1. The molecule has 0 radical (unpaired) electrons. The van der Waals surface area contributed by atoms with Crippen LogP contribution in [0.2, 0.25) is 0 Å². The van der Waals surface area contributed by atoms with Crippen LogP contribution in [0.5, 0.6) is 5.75 Å². The van der Waals surface area contributed by atoms with E-state index in [0.29, 0.717) is 12.1 Å². The molecule has 0 unspecified atom stereocenters. The van der Waals surface area contributed by atoms with Crippen LogP contribution in [0.25, 0.3) is 11.0 Å². The van der Waals surface area contributed by atoms with Gasteiger partial charge in [-0.25, -0.2) is 4.79 Å². The van der Waals surface area contributed by atoms with Gasteiger partial charge in [-0.2, -0.15) is 0 Å². The molecule has 3 rings (SSSR count). The molecule has 0 aliphatic heterocycles. The summed E-state index contributed by atoms with van der Waals surface area (Å²) >= 11 is 0. The molecule has 4 nitrogen and oxygen atoms in total. The van der Waals surface area contributed by atoms with E-state index < -0.39 is 0 Å². The van der Waals surface area contributed by atoms with E-state index in [4.69, 9.17) is 4.42 Å². The molecule has 1 aliphatic rings. The quantitative estimate of drug-likeness (QED) is 0.853. The van der Waals surface area contributed by atoms with E-state index in [-0.39, 0.29) is 11.4 Å². The highest BCUT2D eigenvalue weighted by molar-refractivity contribution is 5.90. The van der Waals surface area contributed by atoms with Crippen molar-refractivity contribution in [2.24, 2.45) is 0 Å². The van der Waals surface area contributed by atoms with Crippen LogP contribution in [0.15, 0.2) is 15.3 Å². The number of aryl methyl sites for hydroxylation is 2. The molecule has 4 heteroatoms. The van der Waals surface area contributed by atoms with Gasteiger partial charge in [-0.3, -0.25) is 0 Å². The van der Waals surface area contributed by atoms with Crippen molar-refractivity contribution in [2.45, 2.75) is 32.7 Å². The van der Waals surface area contributed by atoms with Gasteiger partial charge in [-0.1, -0.05) is 0 Å². The molecule has 1 N–H and O–H groups in total. The van der Waals surface area contributed by atoms with Crippen LogP contribution in [-0.4, -0.2) is 24.1 Å². The number of aromatic hydroxyl groups is 1. The lowest BCUT2D eigenvalue weighted by Crippen LogP contribution is -2.13. The van der Waals surface area contributed by atoms with Crippen LogP contribution >= 0.6 is 0 Å². The first kappa shape index (κ1) is 13.2. The first-order valence-corrected chi connectivity index (χ1v) is 6.93. The predicted molar refractivity (Wildman–Crippen MR) is 78.3 cm³/mol. The van der Waals surface area contributed by atoms with Crippen molar-refractivity contribution in [1.82, 2.24) is 4.90 Å². The van der Waals surface area contributed by atoms with E-state index in [1.165, 1.54) is 0 Å². The normalized spacial score (nSPS) is 14.2. The molecule has 0 amide bonds. The summed E-state index contributed by atoms with van der Waals surface area (Å²) < 4.78 is 5.40. The Bertz CT molecular complexity index is 744. The summed E-state index contributed by atoms with van der Waals surface area (Å²) in [5.74, 6) is 0.274. The number of rotatable bonds is 2. The smallest absolute Gasteiger partial charge is 0.339 e. The molecule has 0 spiro atoms. The molecular formula is C16H19NO3. The fourth-order valence-corrected chi connectivity index (χ4v) is 3.10. The zero-order valence-corrected chi connectivity index (χ0v) is 12.1. The largest absolute Gasteiger partial charge is 0.507 e. The third-order valence-electron chi connectivity index (χ3n) is 4.04. The van der Waals surface area contributed by atoms with Crippen LogP contribution in [0, 0.1) is 6.92 Å². The third kappa shape index (κ3) is 1.91.